The molecule has 8 aromatic carbocycles. The summed E-state index contributed by atoms with van der Waals surface area (Å²) in [6, 6.07) is 69.7. The maximum Gasteiger partial charge on any atom is 0.162 e. The van der Waals surface area contributed by atoms with Crippen LogP contribution in [0, 0.1) is 0 Å². The highest BCUT2D eigenvalue weighted by atomic mass is 16.3. The van der Waals surface area contributed by atoms with Crippen molar-refractivity contribution in [1.82, 2.24) is 14.9 Å². The molecule has 0 saturated heterocycles. The average molecular weight is 770 g/mol. The summed E-state index contributed by atoms with van der Waals surface area (Å²) < 4.78 is 8.99. The lowest BCUT2D eigenvalue weighted by Crippen LogP contribution is -2.33. The number of nitrogens with one attached hydrogen (secondary N) is 1. The molecular formula is C54H35N5O. The topological polar surface area (TPSA) is 67.7 Å². The first kappa shape index (κ1) is 34.0. The molecule has 1 aliphatic heterocycles. The van der Waals surface area contributed by atoms with Gasteiger partial charge in [0.2, 0.25) is 0 Å². The Morgan fingerprint density at radius 2 is 1.13 bits per heavy atom. The number of nitrogens with zero attached hydrogens (tertiary/aromatic N) is 4. The van der Waals surface area contributed by atoms with Crippen LogP contribution >= 0.6 is 0 Å². The Morgan fingerprint density at radius 1 is 0.483 bits per heavy atom. The number of fused-ring (bicyclic) bond motifs is 8. The van der Waals surface area contributed by atoms with Gasteiger partial charge in [-0.15, -0.1) is 0 Å². The van der Waals surface area contributed by atoms with E-state index in [4.69, 9.17) is 19.4 Å². The van der Waals surface area contributed by atoms with E-state index in [1.165, 1.54) is 10.8 Å². The van der Waals surface area contributed by atoms with E-state index in [0.29, 0.717) is 5.84 Å². The monoisotopic (exact) mass is 769 g/mol. The number of hydrogen-bond donors (Lipinski definition) is 1. The zero-order valence-electron chi connectivity index (χ0n) is 32.3. The predicted octanol–water partition coefficient (Wildman–Crippen LogP) is 13.1. The first-order chi connectivity index (χ1) is 29.7. The molecule has 4 heterocycles. The summed E-state index contributed by atoms with van der Waals surface area (Å²) in [7, 11) is 0. The third kappa shape index (κ3) is 5.61. The van der Waals surface area contributed by atoms with Crippen LogP contribution in [-0.4, -0.2) is 21.2 Å². The lowest BCUT2D eigenvalue weighted by atomic mass is 9.98. The van der Waals surface area contributed by atoms with Crippen LogP contribution < -0.4 is 5.32 Å². The SMILES string of the molecule is c1ccc(-c2ccc3c(c2)nc(-c2cccc(C4=NC(c5cccc(-n6c7ccccc7c7ccccc76)c5)=NC(c5ccccc5)N4)c2)c2oc4ccccc4c23)cc1. The molecule has 60 heavy (non-hydrogen) atoms. The molecule has 282 valence electrons. The van der Waals surface area contributed by atoms with Gasteiger partial charge in [0.15, 0.2) is 11.4 Å². The van der Waals surface area contributed by atoms with E-state index in [-0.39, 0.29) is 6.17 Å². The highest BCUT2D eigenvalue weighted by Crippen LogP contribution is 2.41. The van der Waals surface area contributed by atoms with E-state index < -0.39 is 0 Å². The number of pyridine rings is 1. The molecule has 6 heteroatoms. The van der Waals surface area contributed by atoms with Crippen LogP contribution in [0.1, 0.15) is 22.9 Å². The van der Waals surface area contributed by atoms with Gasteiger partial charge in [-0.1, -0.05) is 158 Å². The van der Waals surface area contributed by atoms with Gasteiger partial charge in [0, 0.05) is 49.3 Å². The van der Waals surface area contributed by atoms with Crippen LogP contribution in [0.25, 0.3) is 82.7 Å². The minimum absolute atomic E-state index is 0.355. The molecule has 0 aliphatic carbocycles. The summed E-state index contributed by atoms with van der Waals surface area (Å²) >= 11 is 0. The maximum atomic E-state index is 6.66. The van der Waals surface area contributed by atoms with Crippen molar-refractivity contribution in [1.29, 1.82) is 0 Å². The molecule has 1 unspecified atom stereocenters. The van der Waals surface area contributed by atoms with Crippen molar-refractivity contribution in [3.05, 3.63) is 217 Å². The third-order valence-corrected chi connectivity index (χ3v) is 11.6. The van der Waals surface area contributed by atoms with Crippen molar-refractivity contribution in [2.45, 2.75) is 6.17 Å². The molecule has 1 atom stereocenters. The van der Waals surface area contributed by atoms with E-state index in [2.05, 4.69) is 174 Å². The quantitative estimate of drug-likeness (QED) is 0.183. The fraction of sp³-hybridized carbons (Fsp3) is 0.0185. The molecule has 6 nitrogen and oxygen atoms in total. The summed E-state index contributed by atoms with van der Waals surface area (Å²) in [5, 5.41) is 9.31. The third-order valence-electron chi connectivity index (χ3n) is 11.6. The van der Waals surface area contributed by atoms with E-state index >= 15 is 0 Å². The first-order valence-corrected chi connectivity index (χ1v) is 20.2. The minimum Gasteiger partial charge on any atom is -0.454 e. The van der Waals surface area contributed by atoms with Gasteiger partial charge in [0.25, 0.3) is 0 Å². The van der Waals surface area contributed by atoms with Gasteiger partial charge in [-0.25, -0.2) is 15.0 Å². The number of aromatic nitrogens is 2. The number of hydrogen-bond acceptors (Lipinski definition) is 5. The van der Waals surface area contributed by atoms with Crippen LogP contribution in [0.5, 0.6) is 0 Å². The van der Waals surface area contributed by atoms with Crippen molar-refractivity contribution in [2.75, 3.05) is 0 Å². The molecule has 11 aromatic rings. The molecule has 1 N–H and O–H groups in total. The summed E-state index contributed by atoms with van der Waals surface area (Å²) in [6.07, 6.45) is -0.355. The van der Waals surface area contributed by atoms with Gasteiger partial charge >= 0.3 is 0 Å². The number of para-hydroxylation sites is 3. The summed E-state index contributed by atoms with van der Waals surface area (Å²) in [5.41, 5.74) is 12.7. The lowest BCUT2D eigenvalue weighted by Gasteiger charge is -2.24. The fourth-order valence-corrected chi connectivity index (χ4v) is 8.82. The van der Waals surface area contributed by atoms with Gasteiger partial charge in [-0.3, -0.25) is 0 Å². The van der Waals surface area contributed by atoms with Gasteiger partial charge in [-0.2, -0.15) is 0 Å². The second-order valence-corrected chi connectivity index (χ2v) is 15.2. The number of furan rings is 1. The van der Waals surface area contributed by atoms with Crippen LogP contribution in [0.15, 0.2) is 215 Å². The Hall–Kier alpha value is -8.09. The van der Waals surface area contributed by atoms with E-state index in [1.807, 2.05) is 36.4 Å². The molecule has 0 saturated carbocycles. The van der Waals surface area contributed by atoms with E-state index in [1.54, 1.807) is 0 Å². The summed E-state index contributed by atoms with van der Waals surface area (Å²) in [5.74, 6) is 1.38. The Bertz CT molecular complexity index is 3470. The van der Waals surface area contributed by atoms with Crippen LogP contribution in [-0.2, 0) is 0 Å². The first-order valence-electron chi connectivity index (χ1n) is 20.2. The van der Waals surface area contributed by atoms with Crippen LogP contribution in [0.3, 0.4) is 0 Å². The standard InChI is InChI=1S/C54H35N5O/c1-3-15-34(16-4-1)36-29-30-43-45(33-36)55-50(51-49(43)44-25-9-12-28-48(44)60-51)37-19-13-20-38(31-37)53-56-52(35-17-5-2-6-18-35)57-54(58-53)39-21-14-22-40(32-39)59-46-26-10-7-23-41(46)42-24-8-11-27-47(42)59/h1-33,52H,(H,56,57,58). The smallest absolute Gasteiger partial charge is 0.162 e. The van der Waals surface area contributed by atoms with Gasteiger partial charge in [-0.05, 0) is 59.2 Å². The Kier molecular flexibility index (Phi) is 7.81. The van der Waals surface area contributed by atoms with Crippen molar-refractivity contribution in [3.8, 4) is 28.1 Å². The predicted molar refractivity (Wildman–Crippen MR) is 246 cm³/mol. The zero-order chi connectivity index (χ0) is 39.6. The Labute approximate surface area is 345 Å². The molecule has 12 rings (SSSR count). The van der Waals surface area contributed by atoms with Crippen LogP contribution in [0.2, 0.25) is 0 Å². The number of aliphatic imine (C=N–C) groups is 2. The minimum atomic E-state index is -0.355. The molecule has 0 fully saturated rings. The largest absolute Gasteiger partial charge is 0.454 e. The summed E-state index contributed by atoms with van der Waals surface area (Å²) in [6.45, 7) is 0. The van der Waals surface area contributed by atoms with Gasteiger partial charge in [0.05, 0.1) is 16.6 Å². The zero-order valence-corrected chi connectivity index (χ0v) is 32.3. The highest BCUT2D eigenvalue weighted by Gasteiger charge is 2.24. The fourth-order valence-electron chi connectivity index (χ4n) is 8.82. The van der Waals surface area contributed by atoms with Crippen molar-refractivity contribution in [2.24, 2.45) is 9.98 Å². The van der Waals surface area contributed by atoms with Crippen molar-refractivity contribution < 1.29 is 4.42 Å². The Morgan fingerprint density at radius 3 is 1.93 bits per heavy atom. The average Bonchev–Trinajstić information content (AvgIpc) is 3.88. The molecule has 3 aromatic heterocycles. The van der Waals surface area contributed by atoms with E-state index in [9.17, 15) is 0 Å². The van der Waals surface area contributed by atoms with Crippen LogP contribution in [0.4, 0.5) is 0 Å². The number of benzene rings is 8. The van der Waals surface area contributed by atoms with Crippen molar-refractivity contribution >= 4 is 66.3 Å². The van der Waals surface area contributed by atoms with E-state index in [0.717, 1.165) is 94.5 Å². The second kappa shape index (κ2) is 13.8. The van der Waals surface area contributed by atoms with Crippen molar-refractivity contribution in [3.63, 3.8) is 0 Å². The number of rotatable bonds is 6. The molecule has 0 amide bonds. The number of amidine groups is 2. The summed E-state index contributed by atoms with van der Waals surface area (Å²) in [4.78, 5) is 15.9. The lowest BCUT2D eigenvalue weighted by molar-refractivity contribution is 0.668. The highest BCUT2D eigenvalue weighted by molar-refractivity contribution is 6.21. The molecule has 0 radical (unpaired) electrons. The second-order valence-electron chi connectivity index (χ2n) is 15.2. The molecule has 1 aliphatic rings. The molecule has 0 bridgehead atoms. The molecular weight excluding hydrogens is 735 g/mol. The van der Waals surface area contributed by atoms with Gasteiger partial charge in [0.1, 0.15) is 23.3 Å². The molecule has 0 spiro atoms. The maximum absolute atomic E-state index is 6.66. The van der Waals surface area contributed by atoms with Gasteiger partial charge < -0.3 is 14.3 Å². The Balaban J connectivity index is 1.01. The normalized spacial score (nSPS) is 14.2.